The fraction of sp³-hybridized carbons (Fsp3) is 1.00. The van der Waals surface area contributed by atoms with Crippen LogP contribution in [0.2, 0.25) is 0 Å². The van der Waals surface area contributed by atoms with E-state index in [-0.39, 0.29) is 12.1 Å². The molecule has 2 aliphatic rings. The molecule has 2 rings (SSSR count). The van der Waals surface area contributed by atoms with Crippen LogP contribution < -0.4 is 0 Å². The first kappa shape index (κ1) is 15.2. The number of azide groups is 1. The number of hydrogen-bond donors (Lipinski definition) is 1. The quantitative estimate of drug-likeness (QED) is 0.438. The summed E-state index contributed by atoms with van der Waals surface area (Å²) in [7, 11) is 4.18. The van der Waals surface area contributed by atoms with Gasteiger partial charge in [0.15, 0.2) is 0 Å². The highest BCUT2D eigenvalue weighted by molar-refractivity contribution is 4.75. The Bertz CT molecular complexity index is 254. The molecule has 18 heavy (non-hydrogen) atoms. The summed E-state index contributed by atoms with van der Waals surface area (Å²) in [6, 6.07) is 0.251. The van der Waals surface area contributed by atoms with Gasteiger partial charge < -0.3 is 14.9 Å². The molecule has 0 amide bonds. The molecule has 0 spiro atoms. The molecule has 6 heteroatoms. The van der Waals surface area contributed by atoms with Crippen LogP contribution in [0.1, 0.15) is 25.7 Å². The topological polar surface area (TPSA) is 75.5 Å². The average Bonchev–Trinajstić information content (AvgIpc) is 2.37. The molecule has 0 aromatic rings. The van der Waals surface area contributed by atoms with Crippen molar-refractivity contribution >= 4 is 0 Å². The van der Waals surface area contributed by atoms with Crippen molar-refractivity contribution in [3.63, 3.8) is 0 Å². The molecule has 0 aromatic carbocycles. The van der Waals surface area contributed by atoms with Crippen LogP contribution in [0.5, 0.6) is 0 Å². The van der Waals surface area contributed by atoms with Gasteiger partial charge in [0.1, 0.15) is 0 Å². The Labute approximate surface area is 109 Å². The van der Waals surface area contributed by atoms with E-state index in [9.17, 15) is 0 Å². The Kier molecular flexibility index (Phi) is 7.05. The van der Waals surface area contributed by atoms with Crippen LogP contribution in [0.15, 0.2) is 5.11 Å². The van der Waals surface area contributed by atoms with Crippen LogP contribution in [0.4, 0.5) is 0 Å². The lowest BCUT2D eigenvalue weighted by Crippen LogP contribution is -2.32. The summed E-state index contributed by atoms with van der Waals surface area (Å²) >= 11 is 0. The second-order valence-corrected chi connectivity index (χ2v) is 5.27. The Balaban J connectivity index is 0.000000184. The number of hydrogen-bond acceptors (Lipinski definition) is 4. The van der Waals surface area contributed by atoms with E-state index in [4.69, 9.17) is 10.6 Å². The zero-order valence-electron chi connectivity index (χ0n) is 11.5. The van der Waals surface area contributed by atoms with Gasteiger partial charge >= 0.3 is 0 Å². The molecule has 2 fully saturated rings. The third-order valence-corrected chi connectivity index (χ3v) is 3.59. The SMILES string of the molecule is CN1CCC(N=[N+]=[N-])CC1.CN1CCC(O)CC1. The molecule has 0 atom stereocenters. The molecule has 0 bridgehead atoms. The van der Waals surface area contributed by atoms with Crippen LogP contribution in [0.25, 0.3) is 10.4 Å². The Morgan fingerprint density at radius 1 is 1.00 bits per heavy atom. The number of likely N-dealkylation sites (tertiary alicyclic amines) is 2. The molecule has 104 valence electrons. The van der Waals surface area contributed by atoms with Crippen molar-refractivity contribution in [2.75, 3.05) is 40.3 Å². The van der Waals surface area contributed by atoms with Crippen molar-refractivity contribution in [3.8, 4) is 0 Å². The lowest BCUT2D eigenvalue weighted by atomic mass is 10.1. The van der Waals surface area contributed by atoms with Gasteiger partial charge in [0.05, 0.1) is 6.10 Å². The van der Waals surface area contributed by atoms with Crippen molar-refractivity contribution < 1.29 is 5.11 Å². The third-order valence-electron chi connectivity index (χ3n) is 3.59. The Morgan fingerprint density at radius 2 is 1.44 bits per heavy atom. The molecule has 2 heterocycles. The van der Waals surface area contributed by atoms with Crippen molar-refractivity contribution in [1.82, 2.24) is 9.80 Å². The zero-order valence-corrected chi connectivity index (χ0v) is 11.5. The highest BCUT2D eigenvalue weighted by atomic mass is 16.3. The van der Waals surface area contributed by atoms with Crippen molar-refractivity contribution in [3.05, 3.63) is 10.4 Å². The smallest absolute Gasteiger partial charge is 0.0564 e. The molecule has 0 aliphatic carbocycles. The van der Waals surface area contributed by atoms with Gasteiger partial charge in [-0.15, -0.1) is 0 Å². The van der Waals surface area contributed by atoms with Crippen LogP contribution in [-0.2, 0) is 0 Å². The minimum atomic E-state index is -0.0220. The maximum absolute atomic E-state index is 9.00. The number of nitrogens with zero attached hydrogens (tertiary/aromatic N) is 5. The van der Waals surface area contributed by atoms with Gasteiger partial charge in [-0.1, -0.05) is 5.11 Å². The van der Waals surface area contributed by atoms with Gasteiger partial charge in [0, 0.05) is 24.0 Å². The number of rotatable bonds is 1. The summed E-state index contributed by atoms with van der Waals surface area (Å²) in [6.07, 6.45) is 3.92. The van der Waals surface area contributed by atoms with E-state index in [1.54, 1.807) is 0 Å². The van der Waals surface area contributed by atoms with Gasteiger partial charge in [0.2, 0.25) is 0 Å². The monoisotopic (exact) mass is 255 g/mol. The maximum Gasteiger partial charge on any atom is 0.0564 e. The maximum atomic E-state index is 9.00. The van der Waals surface area contributed by atoms with E-state index in [1.807, 2.05) is 0 Å². The van der Waals surface area contributed by atoms with Crippen molar-refractivity contribution in [2.45, 2.75) is 37.8 Å². The number of aliphatic hydroxyl groups excluding tert-OH is 1. The van der Waals surface area contributed by atoms with E-state index < -0.39 is 0 Å². The molecule has 0 radical (unpaired) electrons. The second-order valence-electron chi connectivity index (χ2n) is 5.27. The molecule has 0 unspecified atom stereocenters. The van der Waals surface area contributed by atoms with E-state index in [1.165, 1.54) is 0 Å². The summed E-state index contributed by atoms with van der Waals surface area (Å²) in [5, 5.41) is 12.7. The lowest BCUT2D eigenvalue weighted by molar-refractivity contribution is 0.0943. The largest absolute Gasteiger partial charge is 0.393 e. The van der Waals surface area contributed by atoms with Gasteiger partial charge in [-0.3, -0.25) is 0 Å². The highest BCUT2D eigenvalue weighted by Crippen LogP contribution is 2.11. The second kappa shape index (κ2) is 8.32. The first-order chi connectivity index (χ1) is 8.61. The summed E-state index contributed by atoms with van der Waals surface area (Å²) in [4.78, 5) is 7.29. The minimum Gasteiger partial charge on any atom is -0.393 e. The lowest BCUT2D eigenvalue weighted by Gasteiger charge is -2.25. The summed E-state index contributed by atoms with van der Waals surface area (Å²) in [5.74, 6) is 0. The fourth-order valence-electron chi connectivity index (χ4n) is 2.18. The zero-order chi connectivity index (χ0) is 13.4. The van der Waals surface area contributed by atoms with E-state index >= 15 is 0 Å². The molecule has 2 aliphatic heterocycles. The number of aliphatic hydroxyl groups is 1. The Hall–Kier alpha value is -0.810. The Morgan fingerprint density at radius 3 is 1.83 bits per heavy atom. The van der Waals surface area contributed by atoms with Crippen LogP contribution in [0.3, 0.4) is 0 Å². The molecule has 2 saturated heterocycles. The summed E-state index contributed by atoms with van der Waals surface area (Å²) in [6.45, 7) is 4.23. The first-order valence-corrected chi connectivity index (χ1v) is 6.71. The van der Waals surface area contributed by atoms with E-state index in [0.717, 1.165) is 51.9 Å². The van der Waals surface area contributed by atoms with Crippen molar-refractivity contribution in [2.24, 2.45) is 5.11 Å². The third kappa shape index (κ3) is 6.21. The molecular weight excluding hydrogens is 230 g/mol. The van der Waals surface area contributed by atoms with Gasteiger partial charge in [-0.25, -0.2) is 0 Å². The highest BCUT2D eigenvalue weighted by Gasteiger charge is 2.14. The average molecular weight is 255 g/mol. The van der Waals surface area contributed by atoms with Crippen LogP contribution in [-0.4, -0.2) is 67.3 Å². The predicted octanol–water partition coefficient (Wildman–Crippen LogP) is 1.46. The molecule has 0 aromatic heterocycles. The standard InChI is InChI=1S/C6H12N4.C6H13NO/c1-10-4-2-6(3-5-10)8-9-7;1-7-4-2-6(8)3-5-7/h6H,2-5H2,1H3;6,8H,2-5H2,1H3. The minimum absolute atomic E-state index is 0.0220. The predicted molar refractivity (Wildman–Crippen MR) is 72.4 cm³/mol. The van der Waals surface area contributed by atoms with Crippen molar-refractivity contribution in [1.29, 1.82) is 0 Å². The molecule has 1 N–H and O–H groups in total. The van der Waals surface area contributed by atoms with E-state index in [2.05, 4.69) is 33.9 Å². The summed E-state index contributed by atoms with van der Waals surface area (Å²) in [5.41, 5.74) is 8.13. The number of piperidine rings is 2. The molecular formula is C12H25N5O. The van der Waals surface area contributed by atoms with Gasteiger partial charge in [0.25, 0.3) is 0 Å². The first-order valence-electron chi connectivity index (χ1n) is 6.71. The molecule has 0 saturated carbocycles. The molecule has 6 nitrogen and oxygen atoms in total. The fourth-order valence-corrected chi connectivity index (χ4v) is 2.18. The van der Waals surface area contributed by atoms with Crippen LogP contribution in [0, 0.1) is 0 Å². The summed E-state index contributed by atoms with van der Waals surface area (Å²) < 4.78 is 0. The van der Waals surface area contributed by atoms with Crippen LogP contribution >= 0.6 is 0 Å². The van der Waals surface area contributed by atoms with E-state index in [0.29, 0.717) is 0 Å². The normalized spacial score (nSPS) is 23.9. The van der Waals surface area contributed by atoms with Gasteiger partial charge in [-0.05, 0) is 58.4 Å². The van der Waals surface area contributed by atoms with Gasteiger partial charge in [-0.2, -0.15) is 0 Å².